The molecular formula is C24H31N3O2. The third-order valence-electron chi connectivity index (χ3n) is 5.23. The largest absolute Gasteiger partial charge is 0.497 e. The third kappa shape index (κ3) is 5.59. The smallest absolute Gasteiger partial charge is 0.251 e. The van der Waals surface area contributed by atoms with Crippen LogP contribution >= 0.6 is 0 Å². The third-order valence-corrected chi connectivity index (χ3v) is 5.23. The van der Waals surface area contributed by atoms with Crippen LogP contribution in [-0.4, -0.2) is 22.6 Å². The lowest BCUT2D eigenvalue weighted by Crippen LogP contribution is -2.24. The first kappa shape index (κ1) is 20.9. The van der Waals surface area contributed by atoms with E-state index in [1.54, 1.807) is 31.4 Å². The molecule has 0 aliphatic heterocycles. The van der Waals surface area contributed by atoms with Crippen LogP contribution in [0.5, 0.6) is 5.75 Å². The van der Waals surface area contributed by atoms with Gasteiger partial charge in [0.15, 0.2) is 0 Å². The molecule has 0 aliphatic rings. The van der Waals surface area contributed by atoms with Crippen LogP contribution in [0.4, 0.5) is 0 Å². The molecule has 0 aliphatic carbocycles. The van der Waals surface area contributed by atoms with Gasteiger partial charge in [-0.15, -0.1) is 0 Å². The summed E-state index contributed by atoms with van der Waals surface area (Å²) >= 11 is 0. The summed E-state index contributed by atoms with van der Waals surface area (Å²) in [6, 6.07) is 15.3. The molecule has 5 nitrogen and oxygen atoms in total. The average molecular weight is 394 g/mol. The number of fused-ring (bicyclic) bond motifs is 1. The SMILES string of the molecule is CCCCCCCCn1c(CNC(=O)c2ccc(OC)cc2)nc2ccccc21. The van der Waals surface area contributed by atoms with E-state index in [0.29, 0.717) is 12.1 Å². The zero-order chi connectivity index (χ0) is 20.5. The highest BCUT2D eigenvalue weighted by Crippen LogP contribution is 2.18. The molecule has 0 atom stereocenters. The highest BCUT2D eigenvalue weighted by Gasteiger charge is 2.12. The molecule has 3 aromatic rings. The number of carbonyl (C=O) groups excluding carboxylic acids is 1. The molecule has 1 amide bonds. The Balaban J connectivity index is 1.65. The van der Waals surface area contributed by atoms with E-state index in [0.717, 1.165) is 35.6 Å². The van der Waals surface area contributed by atoms with Crippen molar-refractivity contribution in [1.82, 2.24) is 14.9 Å². The van der Waals surface area contributed by atoms with Crippen molar-refractivity contribution >= 4 is 16.9 Å². The number of carbonyl (C=O) groups is 1. The van der Waals surface area contributed by atoms with E-state index in [4.69, 9.17) is 9.72 Å². The fraction of sp³-hybridized carbons (Fsp3) is 0.417. The first-order chi connectivity index (χ1) is 14.2. The van der Waals surface area contributed by atoms with Crippen molar-refractivity contribution in [3.63, 3.8) is 0 Å². The summed E-state index contributed by atoms with van der Waals surface area (Å²) in [7, 11) is 1.61. The van der Waals surface area contributed by atoms with Crippen molar-refractivity contribution in [1.29, 1.82) is 0 Å². The second-order valence-electron chi connectivity index (χ2n) is 7.35. The zero-order valence-corrected chi connectivity index (χ0v) is 17.5. The first-order valence-corrected chi connectivity index (χ1v) is 10.6. The van der Waals surface area contributed by atoms with Crippen molar-refractivity contribution in [2.75, 3.05) is 7.11 Å². The maximum absolute atomic E-state index is 12.5. The lowest BCUT2D eigenvalue weighted by atomic mass is 10.1. The van der Waals surface area contributed by atoms with Crippen LogP contribution in [0, 0.1) is 0 Å². The second-order valence-corrected chi connectivity index (χ2v) is 7.35. The summed E-state index contributed by atoms with van der Waals surface area (Å²) in [6.07, 6.45) is 7.53. The van der Waals surface area contributed by atoms with Gasteiger partial charge in [0.2, 0.25) is 0 Å². The number of hydrogen-bond acceptors (Lipinski definition) is 3. The molecule has 1 N–H and O–H groups in total. The standard InChI is InChI=1S/C24H31N3O2/c1-3-4-5-6-7-10-17-27-22-12-9-8-11-21(22)26-23(27)18-25-24(28)19-13-15-20(29-2)16-14-19/h8-9,11-16H,3-7,10,17-18H2,1-2H3,(H,25,28). The topological polar surface area (TPSA) is 56.2 Å². The summed E-state index contributed by atoms with van der Waals surface area (Å²) in [4.78, 5) is 17.3. The Hall–Kier alpha value is -2.82. The van der Waals surface area contributed by atoms with Gasteiger partial charge < -0.3 is 14.6 Å². The maximum Gasteiger partial charge on any atom is 0.251 e. The van der Waals surface area contributed by atoms with Crippen molar-refractivity contribution < 1.29 is 9.53 Å². The minimum absolute atomic E-state index is 0.106. The van der Waals surface area contributed by atoms with Crippen molar-refractivity contribution in [3.8, 4) is 5.75 Å². The molecule has 0 saturated carbocycles. The van der Waals surface area contributed by atoms with Crippen LogP contribution in [0.1, 0.15) is 61.6 Å². The molecular weight excluding hydrogens is 362 g/mol. The van der Waals surface area contributed by atoms with Gasteiger partial charge in [0.1, 0.15) is 11.6 Å². The lowest BCUT2D eigenvalue weighted by Gasteiger charge is -2.11. The molecule has 29 heavy (non-hydrogen) atoms. The van der Waals surface area contributed by atoms with Crippen LogP contribution < -0.4 is 10.1 Å². The number of rotatable bonds is 11. The molecule has 0 bridgehead atoms. The predicted molar refractivity (Wildman–Crippen MR) is 117 cm³/mol. The molecule has 0 saturated heterocycles. The Morgan fingerprint density at radius 1 is 1.00 bits per heavy atom. The molecule has 0 radical (unpaired) electrons. The minimum atomic E-state index is -0.106. The van der Waals surface area contributed by atoms with Crippen LogP contribution in [0.2, 0.25) is 0 Å². The second kappa shape index (κ2) is 10.6. The number of unbranched alkanes of at least 4 members (excludes halogenated alkanes) is 5. The predicted octanol–water partition coefficient (Wildman–Crippen LogP) is 5.34. The minimum Gasteiger partial charge on any atom is -0.497 e. The number of nitrogens with zero attached hydrogens (tertiary/aromatic N) is 2. The van der Waals surface area contributed by atoms with E-state index in [1.807, 2.05) is 18.2 Å². The number of imidazole rings is 1. The number of amides is 1. The zero-order valence-electron chi connectivity index (χ0n) is 17.5. The number of para-hydroxylation sites is 2. The molecule has 3 rings (SSSR count). The molecule has 2 aromatic carbocycles. The molecule has 5 heteroatoms. The molecule has 1 aromatic heterocycles. The van der Waals surface area contributed by atoms with Crippen LogP contribution in [0.3, 0.4) is 0 Å². The van der Waals surface area contributed by atoms with Crippen molar-refractivity contribution in [2.45, 2.75) is 58.5 Å². The highest BCUT2D eigenvalue weighted by molar-refractivity contribution is 5.94. The van der Waals surface area contributed by atoms with E-state index in [-0.39, 0.29) is 5.91 Å². The van der Waals surface area contributed by atoms with Gasteiger partial charge in [-0.2, -0.15) is 0 Å². The van der Waals surface area contributed by atoms with E-state index in [9.17, 15) is 4.79 Å². The van der Waals surface area contributed by atoms with E-state index in [2.05, 4.69) is 22.9 Å². The number of nitrogens with one attached hydrogen (secondary N) is 1. The quantitative estimate of drug-likeness (QED) is 0.448. The van der Waals surface area contributed by atoms with Gasteiger partial charge >= 0.3 is 0 Å². The Labute approximate surface area is 173 Å². The Bertz CT molecular complexity index is 916. The molecule has 0 fully saturated rings. The van der Waals surface area contributed by atoms with Crippen molar-refractivity contribution in [2.24, 2.45) is 0 Å². The van der Waals surface area contributed by atoms with Gasteiger partial charge in [-0.3, -0.25) is 4.79 Å². The molecule has 0 unspecified atom stereocenters. The molecule has 1 heterocycles. The van der Waals surface area contributed by atoms with Crippen LogP contribution in [-0.2, 0) is 13.1 Å². The molecule has 0 spiro atoms. The maximum atomic E-state index is 12.5. The summed E-state index contributed by atoms with van der Waals surface area (Å²) in [6.45, 7) is 3.58. The summed E-state index contributed by atoms with van der Waals surface area (Å²) in [5, 5.41) is 3.01. The highest BCUT2D eigenvalue weighted by atomic mass is 16.5. The van der Waals surface area contributed by atoms with Gasteiger partial charge in [-0.05, 0) is 42.8 Å². The van der Waals surface area contributed by atoms with Gasteiger partial charge in [0, 0.05) is 12.1 Å². The monoisotopic (exact) mass is 393 g/mol. The Kier molecular flexibility index (Phi) is 7.68. The van der Waals surface area contributed by atoms with Crippen LogP contribution in [0.25, 0.3) is 11.0 Å². The number of aryl methyl sites for hydroxylation is 1. The summed E-state index contributed by atoms with van der Waals surface area (Å²) in [5.74, 6) is 1.54. The fourth-order valence-electron chi connectivity index (χ4n) is 3.56. The van der Waals surface area contributed by atoms with Gasteiger partial charge in [-0.25, -0.2) is 4.98 Å². The van der Waals surface area contributed by atoms with Gasteiger partial charge in [0.25, 0.3) is 5.91 Å². The summed E-state index contributed by atoms with van der Waals surface area (Å²) in [5.41, 5.74) is 2.73. The lowest BCUT2D eigenvalue weighted by molar-refractivity contribution is 0.0949. The normalized spacial score (nSPS) is 11.0. The van der Waals surface area contributed by atoms with Crippen molar-refractivity contribution in [3.05, 3.63) is 59.9 Å². The number of methoxy groups -OCH3 is 1. The number of ether oxygens (including phenoxy) is 1. The van der Waals surface area contributed by atoms with E-state index >= 15 is 0 Å². The van der Waals surface area contributed by atoms with E-state index < -0.39 is 0 Å². The number of aromatic nitrogens is 2. The van der Waals surface area contributed by atoms with Gasteiger partial charge in [-0.1, -0.05) is 51.2 Å². The number of benzene rings is 2. The Morgan fingerprint density at radius 3 is 2.48 bits per heavy atom. The number of hydrogen-bond donors (Lipinski definition) is 1. The average Bonchev–Trinajstić information content (AvgIpc) is 3.12. The van der Waals surface area contributed by atoms with Crippen LogP contribution in [0.15, 0.2) is 48.5 Å². The van der Waals surface area contributed by atoms with Gasteiger partial charge in [0.05, 0.1) is 24.7 Å². The fourth-order valence-corrected chi connectivity index (χ4v) is 3.56. The summed E-state index contributed by atoms with van der Waals surface area (Å²) < 4.78 is 7.40. The Morgan fingerprint density at radius 2 is 1.72 bits per heavy atom. The first-order valence-electron chi connectivity index (χ1n) is 10.6. The molecule has 154 valence electrons. The van der Waals surface area contributed by atoms with E-state index in [1.165, 1.54) is 32.1 Å².